The van der Waals surface area contributed by atoms with E-state index >= 15 is 0 Å². The van der Waals surface area contributed by atoms with Gasteiger partial charge >= 0.3 is 6.18 Å². The lowest BCUT2D eigenvalue weighted by atomic mass is 10.2. The first-order valence-corrected chi connectivity index (χ1v) is 4.44. The Morgan fingerprint density at radius 3 is 2.53 bits per heavy atom. The van der Waals surface area contributed by atoms with Crippen LogP contribution in [0.1, 0.15) is 12.8 Å². The van der Waals surface area contributed by atoms with Gasteiger partial charge in [0.2, 0.25) is 5.91 Å². The number of nitrogens with two attached hydrogens (primary N) is 1. The maximum atomic E-state index is 11.8. The Labute approximate surface area is 86.0 Å². The van der Waals surface area contributed by atoms with Crippen LogP contribution < -0.4 is 11.1 Å². The molecule has 7 heteroatoms. The number of methoxy groups -OCH3 is 1. The van der Waals surface area contributed by atoms with Crippen molar-refractivity contribution in [1.82, 2.24) is 5.32 Å². The number of carbonyl (C=O) groups excluding carboxylic acids is 1. The topological polar surface area (TPSA) is 64.3 Å². The number of hydrogen-bond acceptors (Lipinski definition) is 3. The molecule has 0 saturated heterocycles. The molecule has 0 aromatic rings. The number of halogens is 3. The Balaban J connectivity index is 3.99. The quantitative estimate of drug-likeness (QED) is 0.692. The molecule has 0 aliphatic heterocycles. The second kappa shape index (κ2) is 6.62. The molecule has 1 atom stereocenters. The van der Waals surface area contributed by atoms with Crippen molar-refractivity contribution in [3.8, 4) is 0 Å². The van der Waals surface area contributed by atoms with Crippen molar-refractivity contribution in [3.63, 3.8) is 0 Å². The summed E-state index contributed by atoms with van der Waals surface area (Å²) in [6, 6.07) is -0.463. The molecule has 1 amide bonds. The van der Waals surface area contributed by atoms with Crippen molar-refractivity contribution >= 4 is 5.91 Å². The normalized spacial score (nSPS) is 13.7. The second-order valence-electron chi connectivity index (χ2n) is 3.09. The maximum Gasteiger partial charge on any atom is 0.397 e. The highest BCUT2D eigenvalue weighted by Crippen LogP contribution is 2.19. The first-order chi connectivity index (χ1) is 6.89. The molecule has 0 aromatic carbocycles. The van der Waals surface area contributed by atoms with Gasteiger partial charge in [0, 0.05) is 7.11 Å². The lowest BCUT2D eigenvalue weighted by Gasteiger charge is -2.17. The Morgan fingerprint density at radius 1 is 1.53 bits per heavy atom. The monoisotopic (exact) mass is 228 g/mol. The van der Waals surface area contributed by atoms with Crippen molar-refractivity contribution < 1.29 is 22.7 Å². The van der Waals surface area contributed by atoms with Crippen LogP contribution in [0.3, 0.4) is 0 Å². The third kappa shape index (κ3) is 8.19. The summed E-state index contributed by atoms with van der Waals surface area (Å²) in [7, 11) is 1.40. The van der Waals surface area contributed by atoms with Crippen molar-refractivity contribution in [2.75, 3.05) is 20.3 Å². The SMILES string of the molecule is COCC(CCN)NC(=O)CC(F)(F)F. The summed E-state index contributed by atoms with van der Waals surface area (Å²) in [6.45, 7) is 0.432. The van der Waals surface area contributed by atoms with E-state index in [0.29, 0.717) is 6.42 Å². The summed E-state index contributed by atoms with van der Waals surface area (Å²) >= 11 is 0. The van der Waals surface area contributed by atoms with Gasteiger partial charge in [-0.2, -0.15) is 13.2 Å². The van der Waals surface area contributed by atoms with Crippen LogP contribution in [-0.4, -0.2) is 38.4 Å². The van der Waals surface area contributed by atoms with E-state index in [2.05, 4.69) is 5.32 Å². The molecule has 90 valence electrons. The molecule has 0 rings (SSSR count). The molecule has 15 heavy (non-hydrogen) atoms. The van der Waals surface area contributed by atoms with E-state index in [1.807, 2.05) is 0 Å². The van der Waals surface area contributed by atoms with E-state index in [-0.39, 0.29) is 13.2 Å². The number of alkyl halides is 3. The van der Waals surface area contributed by atoms with Crippen LogP contribution in [-0.2, 0) is 9.53 Å². The van der Waals surface area contributed by atoms with Crippen molar-refractivity contribution in [2.45, 2.75) is 25.1 Å². The van der Waals surface area contributed by atoms with E-state index in [1.165, 1.54) is 7.11 Å². The number of ether oxygens (including phenoxy) is 1. The molecule has 0 bridgehead atoms. The number of rotatable bonds is 6. The van der Waals surface area contributed by atoms with E-state index in [9.17, 15) is 18.0 Å². The molecular formula is C8H15F3N2O2. The van der Waals surface area contributed by atoms with E-state index in [0.717, 1.165) is 0 Å². The fraction of sp³-hybridized carbons (Fsp3) is 0.875. The average Bonchev–Trinajstić information content (AvgIpc) is 2.00. The molecule has 0 radical (unpaired) electrons. The Bertz CT molecular complexity index is 191. The summed E-state index contributed by atoms with van der Waals surface area (Å²) in [6.07, 6.45) is -5.57. The smallest absolute Gasteiger partial charge is 0.383 e. The Morgan fingerprint density at radius 2 is 2.13 bits per heavy atom. The van der Waals surface area contributed by atoms with Gasteiger partial charge < -0.3 is 15.8 Å². The van der Waals surface area contributed by atoms with Gasteiger partial charge in [0.1, 0.15) is 6.42 Å². The molecule has 0 spiro atoms. The van der Waals surface area contributed by atoms with Crippen molar-refractivity contribution in [2.24, 2.45) is 5.73 Å². The van der Waals surface area contributed by atoms with Crippen molar-refractivity contribution in [3.05, 3.63) is 0 Å². The van der Waals surface area contributed by atoms with Crippen LogP contribution in [0.15, 0.2) is 0 Å². The molecular weight excluding hydrogens is 213 g/mol. The summed E-state index contributed by atoms with van der Waals surface area (Å²) in [5, 5.41) is 2.21. The molecule has 0 aromatic heterocycles. The van der Waals surface area contributed by atoms with Gasteiger partial charge in [0.15, 0.2) is 0 Å². The second-order valence-corrected chi connectivity index (χ2v) is 3.09. The molecule has 4 nitrogen and oxygen atoms in total. The lowest BCUT2D eigenvalue weighted by molar-refractivity contribution is -0.154. The number of carbonyl (C=O) groups is 1. The first-order valence-electron chi connectivity index (χ1n) is 4.44. The predicted octanol–water partition coefficient (Wildman–Crippen LogP) is 0.419. The molecule has 3 N–H and O–H groups in total. The predicted molar refractivity (Wildman–Crippen MR) is 48.2 cm³/mol. The van der Waals surface area contributed by atoms with Gasteiger partial charge in [-0.3, -0.25) is 4.79 Å². The number of nitrogens with one attached hydrogen (secondary N) is 1. The van der Waals surface area contributed by atoms with Crippen LogP contribution in [0.5, 0.6) is 0 Å². The zero-order valence-electron chi connectivity index (χ0n) is 8.43. The van der Waals surface area contributed by atoms with Crippen LogP contribution >= 0.6 is 0 Å². The van der Waals surface area contributed by atoms with Crippen LogP contribution in [0, 0.1) is 0 Å². The Kier molecular flexibility index (Phi) is 6.26. The average molecular weight is 228 g/mol. The molecule has 0 aliphatic carbocycles. The summed E-state index contributed by atoms with van der Waals surface area (Å²) in [4.78, 5) is 10.9. The summed E-state index contributed by atoms with van der Waals surface area (Å²) in [5.41, 5.74) is 5.23. The number of hydrogen-bond donors (Lipinski definition) is 2. The highest BCUT2D eigenvalue weighted by molar-refractivity contribution is 5.76. The molecule has 0 aliphatic rings. The van der Waals surface area contributed by atoms with Gasteiger partial charge in [0.25, 0.3) is 0 Å². The molecule has 0 saturated carbocycles. The van der Waals surface area contributed by atoms with Gasteiger partial charge in [-0.25, -0.2) is 0 Å². The molecule has 1 unspecified atom stereocenters. The largest absolute Gasteiger partial charge is 0.397 e. The zero-order chi connectivity index (χ0) is 11.9. The zero-order valence-corrected chi connectivity index (χ0v) is 8.43. The fourth-order valence-corrected chi connectivity index (χ4v) is 1.06. The van der Waals surface area contributed by atoms with Crippen LogP contribution in [0.4, 0.5) is 13.2 Å². The standard InChI is InChI=1S/C8H15F3N2O2/c1-15-5-6(2-3-12)13-7(14)4-8(9,10)11/h6H,2-5,12H2,1H3,(H,13,14). The summed E-state index contributed by atoms with van der Waals surface area (Å²) < 4.78 is 40.2. The van der Waals surface area contributed by atoms with Crippen LogP contribution in [0.2, 0.25) is 0 Å². The van der Waals surface area contributed by atoms with Gasteiger partial charge in [-0.1, -0.05) is 0 Å². The van der Waals surface area contributed by atoms with Gasteiger partial charge in [-0.15, -0.1) is 0 Å². The van der Waals surface area contributed by atoms with E-state index < -0.39 is 24.5 Å². The third-order valence-electron chi connectivity index (χ3n) is 1.61. The highest BCUT2D eigenvalue weighted by Gasteiger charge is 2.31. The fourth-order valence-electron chi connectivity index (χ4n) is 1.06. The third-order valence-corrected chi connectivity index (χ3v) is 1.61. The minimum absolute atomic E-state index is 0.154. The Hall–Kier alpha value is -0.820. The minimum atomic E-state index is -4.48. The highest BCUT2D eigenvalue weighted by atomic mass is 19.4. The van der Waals surface area contributed by atoms with Crippen LogP contribution in [0.25, 0.3) is 0 Å². The minimum Gasteiger partial charge on any atom is -0.383 e. The van der Waals surface area contributed by atoms with Gasteiger partial charge in [0.05, 0.1) is 12.6 Å². The molecule has 0 heterocycles. The summed E-state index contributed by atoms with van der Waals surface area (Å²) in [5.74, 6) is -1.06. The first kappa shape index (κ1) is 14.2. The van der Waals surface area contributed by atoms with E-state index in [4.69, 9.17) is 10.5 Å². The van der Waals surface area contributed by atoms with Gasteiger partial charge in [-0.05, 0) is 13.0 Å². The maximum absolute atomic E-state index is 11.8. The van der Waals surface area contributed by atoms with Crippen molar-refractivity contribution in [1.29, 1.82) is 0 Å². The lowest BCUT2D eigenvalue weighted by Crippen LogP contribution is -2.41. The molecule has 0 fully saturated rings. The number of amides is 1. The van der Waals surface area contributed by atoms with E-state index in [1.54, 1.807) is 0 Å².